The first-order chi connectivity index (χ1) is 13.0. The third-order valence-electron chi connectivity index (χ3n) is 5.18. The first-order valence-corrected chi connectivity index (χ1v) is 12.6. The van der Waals surface area contributed by atoms with E-state index >= 15 is 0 Å². The zero-order valence-electron chi connectivity index (χ0n) is 18.3. The molecule has 2 amide bonds. The van der Waals surface area contributed by atoms with E-state index < -0.39 is 14.4 Å². The van der Waals surface area contributed by atoms with Gasteiger partial charge in [-0.2, -0.15) is 0 Å². The number of ether oxygens (including phenoxy) is 1. The van der Waals surface area contributed by atoms with E-state index in [-0.39, 0.29) is 42.5 Å². The summed E-state index contributed by atoms with van der Waals surface area (Å²) in [6.45, 7) is 12.7. The maximum Gasteiger partial charge on any atom is 0.224 e. The Morgan fingerprint density at radius 3 is 2.18 bits per heavy atom. The summed E-state index contributed by atoms with van der Waals surface area (Å²) in [7, 11) is -0.612. The van der Waals surface area contributed by atoms with Crippen molar-refractivity contribution in [1.82, 2.24) is 10.6 Å². The number of hydrogen-bond donors (Lipinski definition) is 2. The van der Waals surface area contributed by atoms with Crippen LogP contribution in [0.2, 0.25) is 18.1 Å². The maximum atomic E-state index is 12.6. The number of carbonyl (C=O) groups is 2. The SMILES string of the molecule is COCNC(=O)CC(CC(=O)N[C@@H](C)c1ccccc1)O[Si](C)(C)C(C)(C)C. The molecule has 0 aliphatic heterocycles. The zero-order valence-corrected chi connectivity index (χ0v) is 19.3. The van der Waals surface area contributed by atoms with Crippen molar-refractivity contribution in [3.63, 3.8) is 0 Å². The lowest BCUT2D eigenvalue weighted by Crippen LogP contribution is -2.46. The van der Waals surface area contributed by atoms with Crippen molar-refractivity contribution in [2.24, 2.45) is 0 Å². The molecule has 0 spiro atoms. The summed E-state index contributed by atoms with van der Waals surface area (Å²) in [5.41, 5.74) is 1.04. The third-order valence-corrected chi connectivity index (χ3v) is 9.72. The predicted molar refractivity (Wildman–Crippen MR) is 114 cm³/mol. The molecule has 28 heavy (non-hydrogen) atoms. The van der Waals surface area contributed by atoms with Crippen molar-refractivity contribution in [3.05, 3.63) is 35.9 Å². The molecule has 2 N–H and O–H groups in total. The van der Waals surface area contributed by atoms with E-state index in [4.69, 9.17) is 9.16 Å². The van der Waals surface area contributed by atoms with Gasteiger partial charge in [-0.05, 0) is 30.6 Å². The maximum absolute atomic E-state index is 12.6. The van der Waals surface area contributed by atoms with Crippen LogP contribution in [0, 0.1) is 0 Å². The lowest BCUT2D eigenvalue weighted by atomic mass is 10.1. The Balaban J connectivity index is 2.80. The molecule has 7 heteroatoms. The molecule has 0 bridgehead atoms. The van der Waals surface area contributed by atoms with Gasteiger partial charge in [-0.3, -0.25) is 9.59 Å². The van der Waals surface area contributed by atoms with Gasteiger partial charge in [0.2, 0.25) is 11.8 Å². The summed E-state index contributed by atoms with van der Waals surface area (Å²) in [6.07, 6.45) is -0.201. The molecule has 1 unspecified atom stereocenters. The summed E-state index contributed by atoms with van der Waals surface area (Å²) in [4.78, 5) is 24.8. The molecule has 0 aliphatic rings. The van der Waals surface area contributed by atoms with Crippen molar-refractivity contribution < 1.29 is 18.8 Å². The molecule has 0 aromatic heterocycles. The molecule has 158 valence electrons. The fourth-order valence-electron chi connectivity index (χ4n) is 2.51. The van der Waals surface area contributed by atoms with Crippen LogP contribution in [0.25, 0.3) is 0 Å². The summed E-state index contributed by atoms with van der Waals surface area (Å²) >= 11 is 0. The molecule has 0 heterocycles. The largest absolute Gasteiger partial charge is 0.413 e. The summed E-state index contributed by atoms with van der Waals surface area (Å²) in [5.74, 6) is -0.311. The van der Waals surface area contributed by atoms with E-state index in [1.54, 1.807) is 0 Å². The van der Waals surface area contributed by atoms with Crippen molar-refractivity contribution in [2.75, 3.05) is 13.8 Å². The molecule has 6 nitrogen and oxygen atoms in total. The minimum absolute atomic E-state index is 0.0118. The van der Waals surface area contributed by atoms with Crippen LogP contribution >= 0.6 is 0 Å². The third kappa shape index (κ3) is 8.12. The average molecular weight is 409 g/mol. The number of rotatable bonds is 10. The summed E-state index contributed by atoms with van der Waals surface area (Å²) < 4.78 is 11.3. The topological polar surface area (TPSA) is 76.7 Å². The molecule has 1 aromatic carbocycles. The number of amides is 2. The lowest BCUT2D eigenvalue weighted by Gasteiger charge is -2.39. The Morgan fingerprint density at radius 2 is 1.64 bits per heavy atom. The minimum atomic E-state index is -2.13. The average Bonchev–Trinajstić information content (AvgIpc) is 2.59. The highest BCUT2D eigenvalue weighted by Gasteiger charge is 2.40. The van der Waals surface area contributed by atoms with E-state index in [0.717, 1.165) is 5.56 Å². The first-order valence-electron chi connectivity index (χ1n) is 9.74. The summed E-state index contributed by atoms with van der Waals surface area (Å²) in [6, 6.07) is 9.69. The molecule has 1 rings (SSSR count). The highest BCUT2D eigenvalue weighted by Crippen LogP contribution is 2.38. The Kier molecular flexibility index (Phi) is 9.33. The molecular weight excluding hydrogens is 372 g/mol. The van der Waals surface area contributed by atoms with Crippen LogP contribution in [-0.2, 0) is 18.8 Å². The second-order valence-corrected chi connectivity index (χ2v) is 13.4. The molecular formula is C21H36N2O4Si. The molecule has 0 radical (unpaired) electrons. The highest BCUT2D eigenvalue weighted by molar-refractivity contribution is 6.74. The van der Waals surface area contributed by atoms with Crippen molar-refractivity contribution in [3.8, 4) is 0 Å². The molecule has 0 aliphatic carbocycles. The van der Waals surface area contributed by atoms with E-state index in [9.17, 15) is 9.59 Å². The van der Waals surface area contributed by atoms with Gasteiger partial charge < -0.3 is 19.8 Å². The minimum Gasteiger partial charge on any atom is -0.413 e. The fourth-order valence-corrected chi connectivity index (χ4v) is 3.87. The van der Waals surface area contributed by atoms with Crippen LogP contribution in [0.5, 0.6) is 0 Å². The lowest BCUT2D eigenvalue weighted by molar-refractivity contribution is -0.126. The number of methoxy groups -OCH3 is 1. The van der Waals surface area contributed by atoms with Crippen LogP contribution in [0.1, 0.15) is 52.1 Å². The predicted octanol–water partition coefficient (Wildman–Crippen LogP) is 3.75. The Labute approximate surface area is 170 Å². The second-order valence-electron chi connectivity index (χ2n) is 8.64. The monoisotopic (exact) mass is 408 g/mol. The van der Waals surface area contributed by atoms with E-state index in [1.807, 2.05) is 37.3 Å². The van der Waals surface area contributed by atoms with Crippen LogP contribution in [0.4, 0.5) is 0 Å². The highest BCUT2D eigenvalue weighted by atomic mass is 28.4. The van der Waals surface area contributed by atoms with Gasteiger partial charge in [-0.1, -0.05) is 51.1 Å². The number of hydrogen-bond acceptors (Lipinski definition) is 4. The Hall–Kier alpha value is -1.70. The number of carbonyl (C=O) groups excluding carboxylic acids is 2. The number of nitrogens with one attached hydrogen (secondary N) is 2. The van der Waals surface area contributed by atoms with Gasteiger partial charge in [0.1, 0.15) is 6.73 Å². The van der Waals surface area contributed by atoms with Gasteiger partial charge >= 0.3 is 0 Å². The number of benzene rings is 1. The van der Waals surface area contributed by atoms with Gasteiger partial charge in [0.25, 0.3) is 0 Å². The van der Waals surface area contributed by atoms with Gasteiger partial charge in [0.05, 0.1) is 25.0 Å². The zero-order chi connectivity index (χ0) is 21.4. The summed E-state index contributed by atoms with van der Waals surface area (Å²) in [5, 5.41) is 5.67. The van der Waals surface area contributed by atoms with Crippen molar-refractivity contribution in [2.45, 2.75) is 70.8 Å². The van der Waals surface area contributed by atoms with Crippen LogP contribution in [-0.4, -0.2) is 40.1 Å². The fraction of sp³-hybridized carbons (Fsp3) is 0.619. The van der Waals surface area contributed by atoms with Gasteiger partial charge in [0, 0.05) is 7.11 Å². The Morgan fingerprint density at radius 1 is 1.07 bits per heavy atom. The first kappa shape index (κ1) is 24.3. The van der Waals surface area contributed by atoms with Crippen molar-refractivity contribution >= 4 is 20.1 Å². The van der Waals surface area contributed by atoms with E-state index in [0.29, 0.717) is 0 Å². The second kappa shape index (κ2) is 10.7. The van der Waals surface area contributed by atoms with Gasteiger partial charge in [-0.25, -0.2) is 0 Å². The molecule has 1 aromatic rings. The van der Waals surface area contributed by atoms with Crippen LogP contribution in [0.15, 0.2) is 30.3 Å². The van der Waals surface area contributed by atoms with E-state index in [2.05, 4.69) is 44.5 Å². The Bertz CT molecular complexity index is 629. The van der Waals surface area contributed by atoms with Gasteiger partial charge in [-0.15, -0.1) is 0 Å². The molecule has 0 fully saturated rings. The van der Waals surface area contributed by atoms with Crippen LogP contribution < -0.4 is 10.6 Å². The van der Waals surface area contributed by atoms with Crippen molar-refractivity contribution in [1.29, 1.82) is 0 Å². The van der Waals surface area contributed by atoms with Gasteiger partial charge in [0.15, 0.2) is 8.32 Å². The quantitative estimate of drug-likeness (QED) is 0.457. The molecule has 0 saturated carbocycles. The molecule has 0 saturated heterocycles. The molecule has 2 atom stereocenters. The van der Waals surface area contributed by atoms with E-state index in [1.165, 1.54) is 7.11 Å². The standard InChI is InChI=1S/C21H36N2O4Si/c1-16(17-11-9-8-10-12-17)23-20(25)14-18(13-19(24)22-15-26-5)27-28(6,7)21(2,3)4/h8-12,16,18H,13-15H2,1-7H3,(H,22,24)(H,23,25)/t16-,18?/m0/s1. The van der Waals surface area contributed by atoms with Crippen LogP contribution in [0.3, 0.4) is 0 Å². The normalized spacial score (nSPS) is 14.2. The smallest absolute Gasteiger partial charge is 0.224 e.